The van der Waals surface area contributed by atoms with Crippen molar-refractivity contribution in [1.82, 2.24) is 5.32 Å². The summed E-state index contributed by atoms with van der Waals surface area (Å²) in [5.74, 6) is -11.6. The Morgan fingerprint density at radius 2 is 1.19 bits per heavy atom. The third kappa shape index (κ3) is 14.3. The number of thioether (sulfide) groups is 1. The Hall–Kier alpha value is -6.88. The summed E-state index contributed by atoms with van der Waals surface area (Å²) in [5.41, 5.74) is -1.05. The van der Waals surface area contributed by atoms with Gasteiger partial charge in [-0.3, -0.25) is 24.0 Å². The van der Waals surface area contributed by atoms with E-state index in [0.717, 1.165) is 53.5 Å². The highest BCUT2D eigenvalue weighted by atomic mass is 32.2. The SMILES string of the molecule is COC(=O)[C@@]1(O[C@@H]2[C@@H](OC(=O)c3ccccc3)[C@@H](SC)O[C@H](COC(=O)c3ccccc3)[C@@H]2OC(=O)c2ccccc2)C[C@H](OC(C)=O)[C@@H](NC(C)=O)[C@H]([C@H](OC(C)=O)[C@@H](COC(C)=O)OC(C)=O)O1. The average molecular weight is 996 g/mol. The van der Waals surface area contributed by atoms with Gasteiger partial charge in [0.15, 0.2) is 24.4 Å². The molecule has 0 unspecified atom stereocenters. The Bertz CT molecular complexity index is 2340. The zero-order valence-electron chi connectivity index (χ0n) is 39.1. The molecule has 11 atom stereocenters. The molecule has 376 valence electrons. The van der Waals surface area contributed by atoms with Gasteiger partial charge in [-0.05, 0) is 42.7 Å². The molecular formula is C48H53NO20S. The highest BCUT2D eigenvalue weighted by Crippen LogP contribution is 2.42. The lowest BCUT2D eigenvalue weighted by Gasteiger charge is -2.51. The molecule has 0 spiro atoms. The first-order valence-electron chi connectivity index (χ1n) is 21.6. The Kier molecular flexibility index (Phi) is 19.4. The summed E-state index contributed by atoms with van der Waals surface area (Å²) in [6, 6.07) is 21.7. The fourth-order valence-corrected chi connectivity index (χ4v) is 8.42. The van der Waals surface area contributed by atoms with Crippen molar-refractivity contribution in [1.29, 1.82) is 0 Å². The monoisotopic (exact) mass is 995 g/mol. The maximum Gasteiger partial charge on any atom is 0.366 e. The van der Waals surface area contributed by atoms with Crippen LogP contribution in [-0.2, 0) is 80.9 Å². The van der Waals surface area contributed by atoms with E-state index in [1.54, 1.807) is 60.9 Å². The van der Waals surface area contributed by atoms with E-state index in [2.05, 4.69) is 5.32 Å². The van der Waals surface area contributed by atoms with Crippen LogP contribution < -0.4 is 5.32 Å². The molecule has 0 aliphatic carbocycles. The molecule has 0 bridgehead atoms. The van der Waals surface area contributed by atoms with E-state index in [1.165, 1.54) is 36.4 Å². The second kappa shape index (κ2) is 25.1. The lowest BCUT2D eigenvalue weighted by atomic mass is 9.87. The predicted octanol–water partition coefficient (Wildman–Crippen LogP) is 3.29. The predicted molar refractivity (Wildman–Crippen MR) is 240 cm³/mol. The van der Waals surface area contributed by atoms with Crippen molar-refractivity contribution in [3.05, 3.63) is 108 Å². The third-order valence-electron chi connectivity index (χ3n) is 10.5. The van der Waals surface area contributed by atoms with Crippen molar-refractivity contribution in [3.8, 4) is 0 Å². The van der Waals surface area contributed by atoms with Gasteiger partial charge in [0.1, 0.15) is 43.1 Å². The first-order chi connectivity index (χ1) is 33.4. The van der Waals surface area contributed by atoms with Crippen molar-refractivity contribution < 1.29 is 95.3 Å². The second-order valence-electron chi connectivity index (χ2n) is 15.7. The summed E-state index contributed by atoms with van der Waals surface area (Å²) < 4.78 is 65.3. The molecule has 1 amide bonds. The maximum absolute atomic E-state index is 14.7. The minimum absolute atomic E-state index is 0.0179. The number of methoxy groups -OCH3 is 1. The van der Waals surface area contributed by atoms with Gasteiger partial charge in [0.25, 0.3) is 5.79 Å². The molecule has 70 heavy (non-hydrogen) atoms. The molecule has 21 nitrogen and oxygen atoms in total. The summed E-state index contributed by atoms with van der Waals surface area (Å²) in [4.78, 5) is 120. The number of nitrogens with one attached hydrogen (secondary N) is 1. The van der Waals surface area contributed by atoms with E-state index >= 15 is 0 Å². The Morgan fingerprint density at radius 3 is 1.66 bits per heavy atom. The third-order valence-corrected chi connectivity index (χ3v) is 11.4. The molecule has 2 aliphatic heterocycles. The topological polar surface area (TPSA) is 267 Å². The second-order valence-corrected chi connectivity index (χ2v) is 16.7. The summed E-state index contributed by atoms with van der Waals surface area (Å²) in [6.07, 6.45) is -13.5. The van der Waals surface area contributed by atoms with Crippen molar-refractivity contribution in [2.24, 2.45) is 0 Å². The number of carbonyl (C=O) groups excluding carboxylic acids is 9. The lowest BCUT2D eigenvalue weighted by molar-refractivity contribution is -0.349. The number of ether oxygens (including phenoxy) is 11. The number of carbonyl (C=O) groups is 9. The summed E-state index contributed by atoms with van der Waals surface area (Å²) in [6.45, 7) is 3.71. The van der Waals surface area contributed by atoms with Crippen LogP contribution in [0.1, 0.15) is 72.1 Å². The zero-order chi connectivity index (χ0) is 51.1. The highest BCUT2D eigenvalue weighted by molar-refractivity contribution is 7.99. The number of rotatable bonds is 19. The van der Waals surface area contributed by atoms with Crippen molar-refractivity contribution >= 4 is 65.4 Å². The lowest BCUT2D eigenvalue weighted by Crippen LogP contribution is -2.71. The van der Waals surface area contributed by atoms with Crippen LogP contribution in [0.3, 0.4) is 0 Å². The average Bonchev–Trinajstić information content (AvgIpc) is 3.33. The molecule has 0 aromatic heterocycles. The van der Waals surface area contributed by atoms with Crippen LogP contribution in [0.15, 0.2) is 91.0 Å². The van der Waals surface area contributed by atoms with E-state index in [1.807, 2.05) is 0 Å². The van der Waals surface area contributed by atoms with E-state index in [-0.39, 0.29) is 16.7 Å². The molecule has 5 rings (SSSR count). The maximum atomic E-state index is 14.7. The molecule has 0 radical (unpaired) electrons. The largest absolute Gasteiger partial charge is 0.465 e. The zero-order valence-corrected chi connectivity index (χ0v) is 39.9. The first-order valence-corrected chi connectivity index (χ1v) is 22.9. The van der Waals surface area contributed by atoms with Gasteiger partial charge in [-0.1, -0.05) is 54.6 Å². The Labute approximate surface area is 406 Å². The molecule has 2 aliphatic rings. The molecule has 1 N–H and O–H groups in total. The van der Waals surface area contributed by atoms with Gasteiger partial charge in [-0.2, -0.15) is 0 Å². The molecule has 3 aromatic carbocycles. The molecule has 2 saturated heterocycles. The van der Waals surface area contributed by atoms with E-state index in [4.69, 9.17) is 52.1 Å². The van der Waals surface area contributed by atoms with Gasteiger partial charge in [0.05, 0.1) is 36.3 Å². The van der Waals surface area contributed by atoms with Crippen LogP contribution in [0.4, 0.5) is 0 Å². The Balaban J connectivity index is 1.76. The minimum atomic E-state index is -2.93. The number of esters is 8. The van der Waals surface area contributed by atoms with Gasteiger partial charge < -0.3 is 57.4 Å². The van der Waals surface area contributed by atoms with E-state index < -0.39 is 139 Å². The summed E-state index contributed by atoms with van der Waals surface area (Å²) in [7, 11) is 0.943. The van der Waals surface area contributed by atoms with Crippen LogP contribution in [0.5, 0.6) is 0 Å². The normalized spacial score (nSPS) is 24.7. The fraction of sp³-hybridized carbons (Fsp3) is 0.438. The van der Waals surface area contributed by atoms with Gasteiger partial charge >= 0.3 is 47.8 Å². The molecule has 2 heterocycles. The van der Waals surface area contributed by atoms with Crippen molar-refractivity contribution in [2.45, 2.75) is 107 Å². The standard InChI is InChI=1S/C48H53NO20S/c1-26(50)49-37-34(62-28(3)52)23-48(47(58)59-6,68-40(37)38(64-30(5)54)35(63-29(4)53)24-60-27(2)51)69-41-39(66-44(56)32-19-13-9-14-20-32)36(25-61-43(55)31-17-11-8-12-18-31)65-46(70-7)42(41)67-45(57)33-21-15-10-16-22-33/h8-22,34-42,46H,23-25H2,1-7H3,(H,49,50)/t34-,35+,36+,37+,38+,39-,40+,41-,42+,46+,48-/m0/s1. The van der Waals surface area contributed by atoms with Crippen LogP contribution in [0, 0.1) is 0 Å². The van der Waals surface area contributed by atoms with Gasteiger partial charge in [-0.25, -0.2) is 19.2 Å². The van der Waals surface area contributed by atoms with Crippen LogP contribution >= 0.6 is 11.8 Å². The highest BCUT2D eigenvalue weighted by Gasteiger charge is 2.63. The molecular weight excluding hydrogens is 943 g/mol. The first kappa shape index (κ1) is 54.1. The molecule has 22 heteroatoms. The van der Waals surface area contributed by atoms with Gasteiger partial charge in [0.2, 0.25) is 5.91 Å². The number of benzene rings is 3. The quantitative estimate of drug-likeness (QED) is 0.133. The smallest absolute Gasteiger partial charge is 0.366 e. The van der Waals surface area contributed by atoms with Crippen LogP contribution in [-0.4, -0.2) is 146 Å². The van der Waals surface area contributed by atoms with E-state index in [0.29, 0.717) is 0 Å². The molecule has 0 saturated carbocycles. The van der Waals surface area contributed by atoms with Gasteiger partial charge in [0, 0.05) is 34.6 Å². The Morgan fingerprint density at radius 1 is 0.657 bits per heavy atom. The number of amides is 1. The van der Waals surface area contributed by atoms with Gasteiger partial charge in [-0.15, -0.1) is 11.8 Å². The van der Waals surface area contributed by atoms with Crippen LogP contribution in [0.2, 0.25) is 0 Å². The summed E-state index contributed by atoms with van der Waals surface area (Å²) >= 11 is 0.986. The molecule has 3 aromatic rings. The summed E-state index contributed by atoms with van der Waals surface area (Å²) in [5, 5.41) is 2.58. The number of hydrogen-bond donors (Lipinski definition) is 1. The number of hydrogen-bond acceptors (Lipinski definition) is 21. The molecule has 2 fully saturated rings. The minimum Gasteiger partial charge on any atom is -0.465 e. The fourth-order valence-electron chi connectivity index (χ4n) is 7.69. The van der Waals surface area contributed by atoms with E-state index in [9.17, 15) is 43.2 Å². The van der Waals surface area contributed by atoms with Crippen molar-refractivity contribution in [2.75, 3.05) is 26.6 Å². The van der Waals surface area contributed by atoms with Crippen molar-refractivity contribution in [3.63, 3.8) is 0 Å². The van der Waals surface area contributed by atoms with Crippen LogP contribution in [0.25, 0.3) is 0 Å².